The van der Waals surface area contributed by atoms with Gasteiger partial charge in [0.25, 0.3) is 0 Å². The second kappa shape index (κ2) is 5.20. The number of halogens is 1. The Hall–Kier alpha value is -0.800. The normalized spacial score (nSPS) is 6.43. The van der Waals surface area contributed by atoms with Crippen molar-refractivity contribution >= 4 is 6.16 Å². The second-order valence-corrected chi connectivity index (χ2v) is 0.699. The van der Waals surface area contributed by atoms with Crippen molar-refractivity contribution in [3.63, 3.8) is 0 Å². The van der Waals surface area contributed by atoms with Crippen molar-refractivity contribution in [2.24, 2.45) is 0 Å². The van der Waals surface area contributed by atoms with Gasteiger partial charge < -0.3 is 9.84 Å². The first kappa shape index (κ1) is 9.50. The smallest absolute Gasteiger partial charge is 0.450 e. The van der Waals surface area contributed by atoms with Gasteiger partial charge in [-0.2, -0.15) is 0 Å². The van der Waals surface area contributed by atoms with Crippen LogP contribution >= 0.6 is 0 Å². The zero-order chi connectivity index (χ0) is 4.99. The topological polar surface area (TPSA) is 46.5 Å². The molecule has 4 heteroatoms. The Bertz CT molecular complexity index is 54.1. The molecule has 0 aliphatic carbocycles. The third-order valence-electron chi connectivity index (χ3n) is 0.268. The van der Waals surface area contributed by atoms with Gasteiger partial charge in [-0.05, 0) is 6.92 Å². The van der Waals surface area contributed by atoms with E-state index in [2.05, 4.69) is 4.74 Å². The molecule has 0 bridgehead atoms. The van der Waals surface area contributed by atoms with Gasteiger partial charge in [-0.3, -0.25) is 4.70 Å². The number of hydrogen-bond donors (Lipinski definition) is 1. The molecule has 0 aliphatic heterocycles. The van der Waals surface area contributed by atoms with Gasteiger partial charge in [-0.1, -0.05) is 0 Å². The van der Waals surface area contributed by atoms with Crippen molar-refractivity contribution in [1.29, 1.82) is 0 Å². The van der Waals surface area contributed by atoms with Crippen molar-refractivity contribution in [2.75, 3.05) is 6.61 Å². The zero-order valence-corrected chi connectivity index (χ0v) is 3.88. The molecule has 3 nitrogen and oxygen atoms in total. The fourth-order valence-corrected chi connectivity index (χ4v) is 0.123. The molecule has 0 rings (SSSR count). The standard InChI is InChI=1S/C3H6O3.FH/c1-2-6-3(4)5;/h2H2,1H3,(H,4,5);1H. The molecule has 0 amide bonds. The maximum Gasteiger partial charge on any atom is 0.505 e. The van der Waals surface area contributed by atoms with Gasteiger partial charge in [0.1, 0.15) is 0 Å². The van der Waals surface area contributed by atoms with Crippen molar-refractivity contribution in [1.82, 2.24) is 0 Å². The molecule has 0 aromatic rings. The number of carbonyl (C=O) groups is 1. The summed E-state index contributed by atoms with van der Waals surface area (Å²) in [7, 11) is 0. The number of ether oxygens (including phenoxy) is 1. The average molecular weight is 110 g/mol. The van der Waals surface area contributed by atoms with Gasteiger partial charge in [-0.15, -0.1) is 0 Å². The van der Waals surface area contributed by atoms with E-state index >= 15 is 0 Å². The van der Waals surface area contributed by atoms with Crippen LogP contribution in [0.15, 0.2) is 0 Å². The Balaban J connectivity index is 0. The Morgan fingerprint density at radius 2 is 2.29 bits per heavy atom. The molecular formula is C3H7FO3. The first-order valence-corrected chi connectivity index (χ1v) is 1.63. The van der Waals surface area contributed by atoms with Crippen molar-refractivity contribution in [3.05, 3.63) is 0 Å². The van der Waals surface area contributed by atoms with Crippen LogP contribution in [0.5, 0.6) is 0 Å². The SMILES string of the molecule is CCOC(=O)O.F. The van der Waals surface area contributed by atoms with E-state index in [9.17, 15) is 4.79 Å². The third kappa shape index (κ3) is 11.0. The van der Waals surface area contributed by atoms with Gasteiger partial charge in [0.05, 0.1) is 6.61 Å². The molecule has 0 saturated carbocycles. The zero-order valence-electron chi connectivity index (χ0n) is 3.88. The Morgan fingerprint density at radius 3 is 2.29 bits per heavy atom. The van der Waals surface area contributed by atoms with Crippen LogP contribution in [0.25, 0.3) is 0 Å². The molecule has 0 atom stereocenters. The van der Waals surface area contributed by atoms with Crippen LogP contribution in [0.1, 0.15) is 6.92 Å². The lowest BCUT2D eigenvalue weighted by atomic mass is 10.9. The van der Waals surface area contributed by atoms with E-state index in [4.69, 9.17) is 5.11 Å². The average Bonchev–Trinajstić information content (AvgIpc) is 1.35. The highest BCUT2D eigenvalue weighted by Crippen LogP contribution is 1.69. The summed E-state index contributed by atoms with van der Waals surface area (Å²) in [6, 6.07) is 0. The predicted molar refractivity (Wildman–Crippen MR) is 22.2 cm³/mol. The molecule has 0 aromatic heterocycles. The summed E-state index contributed by atoms with van der Waals surface area (Å²) < 4.78 is 3.96. The quantitative estimate of drug-likeness (QED) is 0.509. The summed E-state index contributed by atoms with van der Waals surface area (Å²) in [5.41, 5.74) is 0. The van der Waals surface area contributed by atoms with E-state index in [1.165, 1.54) is 0 Å². The summed E-state index contributed by atoms with van der Waals surface area (Å²) in [6.45, 7) is 1.85. The summed E-state index contributed by atoms with van der Waals surface area (Å²) in [6.07, 6.45) is -1.21. The largest absolute Gasteiger partial charge is 0.505 e. The summed E-state index contributed by atoms with van der Waals surface area (Å²) in [5.74, 6) is 0. The summed E-state index contributed by atoms with van der Waals surface area (Å²) in [5, 5.41) is 7.69. The van der Waals surface area contributed by atoms with Gasteiger partial charge in [0, 0.05) is 0 Å². The highest BCUT2D eigenvalue weighted by Gasteiger charge is 1.86. The van der Waals surface area contributed by atoms with Crippen LogP contribution in [0.2, 0.25) is 0 Å². The number of carboxylic acid groups (broad SMARTS) is 1. The van der Waals surface area contributed by atoms with E-state index in [0.717, 1.165) is 0 Å². The minimum absolute atomic E-state index is 0. The molecule has 0 spiro atoms. The Labute approximate surface area is 40.3 Å². The third-order valence-corrected chi connectivity index (χ3v) is 0.268. The van der Waals surface area contributed by atoms with Crippen molar-refractivity contribution in [3.8, 4) is 0 Å². The monoisotopic (exact) mass is 110 g/mol. The summed E-state index contributed by atoms with van der Waals surface area (Å²) >= 11 is 0. The molecule has 0 unspecified atom stereocenters. The molecule has 0 radical (unpaired) electrons. The highest BCUT2D eigenvalue weighted by atomic mass is 19.0. The van der Waals surface area contributed by atoms with Gasteiger partial charge in [0.15, 0.2) is 0 Å². The van der Waals surface area contributed by atoms with Crippen LogP contribution in [0, 0.1) is 0 Å². The first-order valence-electron chi connectivity index (χ1n) is 1.63. The van der Waals surface area contributed by atoms with Crippen LogP contribution in [0.4, 0.5) is 9.50 Å². The molecule has 0 saturated heterocycles. The minimum atomic E-state index is -1.21. The fraction of sp³-hybridized carbons (Fsp3) is 0.667. The molecule has 0 aromatic carbocycles. The van der Waals surface area contributed by atoms with Crippen LogP contribution in [0.3, 0.4) is 0 Å². The Kier molecular flexibility index (Phi) is 7.06. The van der Waals surface area contributed by atoms with E-state index < -0.39 is 6.16 Å². The lowest BCUT2D eigenvalue weighted by molar-refractivity contribution is 0.0966. The molecule has 0 aliphatic rings. The maximum absolute atomic E-state index is 9.38. The van der Waals surface area contributed by atoms with Crippen molar-refractivity contribution in [2.45, 2.75) is 6.92 Å². The predicted octanol–water partition coefficient (Wildman–Crippen LogP) is 0.853. The molecule has 44 valence electrons. The lowest BCUT2D eigenvalue weighted by Crippen LogP contribution is -1.97. The van der Waals surface area contributed by atoms with Gasteiger partial charge >= 0.3 is 6.16 Å². The number of hydrogen-bond acceptors (Lipinski definition) is 2. The highest BCUT2D eigenvalue weighted by molar-refractivity contribution is 5.56. The summed E-state index contributed by atoms with van der Waals surface area (Å²) in [4.78, 5) is 9.38. The number of rotatable bonds is 1. The maximum atomic E-state index is 9.38. The van der Waals surface area contributed by atoms with Crippen molar-refractivity contribution < 1.29 is 19.3 Å². The first-order chi connectivity index (χ1) is 2.77. The minimum Gasteiger partial charge on any atom is -0.450 e. The van der Waals surface area contributed by atoms with E-state index in [0.29, 0.717) is 0 Å². The van der Waals surface area contributed by atoms with Crippen LogP contribution in [-0.2, 0) is 4.74 Å². The van der Waals surface area contributed by atoms with Crippen LogP contribution in [-0.4, -0.2) is 17.9 Å². The van der Waals surface area contributed by atoms with E-state index in [1.807, 2.05) is 0 Å². The Morgan fingerprint density at radius 1 is 1.86 bits per heavy atom. The molecule has 7 heavy (non-hydrogen) atoms. The molecule has 0 heterocycles. The molecule has 1 N–H and O–H groups in total. The fourth-order valence-electron chi connectivity index (χ4n) is 0.123. The van der Waals surface area contributed by atoms with E-state index in [-0.39, 0.29) is 11.3 Å². The van der Waals surface area contributed by atoms with Crippen LogP contribution < -0.4 is 0 Å². The molecular weight excluding hydrogens is 103 g/mol. The second-order valence-electron chi connectivity index (χ2n) is 0.699. The van der Waals surface area contributed by atoms with Gasteiger partial charge in [0.2, 0.25) is 0 Å². The van der Waals surface area contributed by atoms with Gasteiger partial charge in [-0.25, -0.2) is 4.79 Å². The lowest BCUT2D eigenvalue weighted by Gasteiger charge is -1.87. The van der Waals surface area contributed by atoms with E-state index in [1.54, 1.807) is 6.92 Å². The molecule has 0 fully saturated rings.